The van der Waals surface area contributed by atoms with Crippen LogP contribution in [-0.4, -0.2) is 31.5 Å². The Morgan fingerprint density at radius 3 is 2.55 bits per heavy atom. The van der Waals surface area contributed by atoms with Crippen LogP contribution >= 0.6 is 0 Å². The van der Waals surface area contributed by atoms with Crippen LogP contribution in [0.5, 0.6) is 0 Å². The number of nitrogens with zero attached hydrogens (tertiary/aromatic N) is 4. The number of aliphatic hydroxyl groups is 1. The maximum Gasteiger partial charge on any atom is 0.146 e. The van der Waals surface area contributed by atoms with Gasteiger partial charge in [-0.2, -0.15) is 10.4 Å². The lowest BCUT2D eigenvalue weighted by atomic mass is 9.98. The molecule has 0 aliphatic heterocycles. The number of aromatic nitrogens is 4. The summed E-state index contributed by atoms with van der Waals surface area (Å²) in [4.78, 5) is 7.85. The van der Waals surface area contributed by atoms with E-state index in [9.17, 15) is 14.8 Å². The Bertz CT molecular complexity index is 1460. The number of benzene rings is 2. The SMILES string of the molecule is N#Cc1c(-c2ccc(F)cc2)c(-c2ccnc3[nH]c(-c4ccccc4)cc23)nn1CCCO. The Kier molecular flexibility index (Phi) is 5.43. The summed E-state index contributed by atoms with van der Waals surface area (Å²) < 4.78 is 15.2. The quantitative estimate of drug-likeness (QED) is 0.384. The molecule has 162 valence electrons. The number of nitrogens with one attached hydrogen (secondary N) is 1. The molecule has 3 heterocycles. The summed E-state index contributed by atoms with van der Waals surface area (Å²) in [6.07, 6.45) is 2.17. The van der Waals surface area contributed by atoms with E-state index in [-0.39, 0.29) is 12.4 Å². The molecule has 0 spiro atoms. The molecule has 0 atom stereocenters. The van der Waals surface area contributed by atoms with Gasteiger partial charge in [0.1, 0.15) is 28.9 Å². The van der Waals surface area contributed by atoms with Gasteiger partial charge in [0.15, 0.2) is 0 Å². The minimum atomic E-state index is -0.351. The Morgan fingerprint density at radius 2 is 1.82 bits per heavy atom. The lowest BCUT2D eigenvalue weighted by Crippen LogP contribution is -2.04. The second kappa shape index (κ2) is 8.69. The zero-order valence-electron chi connectivity index (χ0n) is 17.7. The number of hydrogen-bond acceptors (Lipinski definition) is 4. The number of aromatic amines is 1. The van der Waals surface area contributed by atoms with Crippen LogP contribution in [0.3, 0.4) is 0 Å². The molecule has 0 aliphatic carbocycles. The first kappa shape index (κ1) is 20.6. The standard InChI is InChI=1S/C26H20FN5O/c27-19-9-7-18(8-10-19)24-23(16-28)32(13-4-14-33)31-25(24)20-11-12-29-26-21(20)15-22(30-26)17-5-2-1-3-6-17/h1-3,5-12,15,33H,4,13-14H2,(H,29,30). The molecular weight excluding hydrogens is 417 g/mol. The Balaban J connectivity index is 1.75. The van der Waals surface area contributed by atoms with E-state index in [1.54, 1.807) is 23.0 Å². The van der Waals surface area contributed by atoms with Crippen molar-refractivity contribution in [2.24, 2.45) is 0 Å². The largest absolute Gasteiger partial charge is 0.396 e. The third-order valence-corrected chi connectivity index (χ3v) is 5.59. The first-order chi connectivity index (χ1) is 16.2. The lowest BCUT2D eigenvalue weighted by molar-refractivity contribution is 0.277. The Morgan fingerprint density at radius 1 is 1.03 bits per heavy atom. The lowest BCUT2D eigenvalue weighted by Gasteiger charge is -2.05. The first-order valence-corrected chi connectivity index (χ1v) is 10.6. The highest BCUT2D eigenvalue weighted by Gasteiger charge is 2.23. The molecule has 3 aromatic heterocycles. The molecule has 0 saturated heterocycles. The van der Waals surface area contributed by atoms with Crippen molar-refractivity contribution in [1.82, 2.24) is 19.7 Å². The molecule has 5 aromatic rings. The van der Waals surface area contributed by atoms with Crippen molar-refractivity contribution < 1.29 is 9.50 Å². The number of halogens is 1. The number of fused-ring (bicyclic) bond motifs is 1. The molecule has 0 saturated carbocycles. The smallest absolute Gasteiger partial charge is 0.146 e. The number of pyridine rings is 1. The van der Waals surface area contributed by atoms with Gasteiger partial charge in [0, 0.05) is 41.6 Å². The average molecular weight is 437 g/mol. The van der Waals surface area contributed by atoms with Gasteiger partial charge in [-0.3, -0.25) is 4.68 Å². The van der Waals surface area contributed by atoms with Crippen molar-refractivity contribution in [3.63, 3.8) is 0 Å². The van der Waals surface area contributed by atoms with Crippen molar-refractivity contribution in [3.05, 3.63) is 84.4 Å². The zero-order chi connectivity index (χ0) is 22.8. The highest BCUT2D eigenvalue weighted by Crippen LogP contribution is 2.38. The zero-order valence-corrected chi connectivity index (χ0v) is 17.7. The van der Waals surface area contributed by atoms with Gasteiger partial charge in [0.05, 0.1) is 0 Å². The van der Waals surface area contributed by atoms with Crippen LogP contribution in [0.1, 0.15) is 12.1 Å². The van der Waals surface area contributed by atoms with Gasteiger partial charge in [0.2, 0.25) is 0 Å². The van der Waals surface area contributed by atoms with Gasteiger partial charge in [-0.1, -0.05) is 42.5 Å². The molecule has 0 amide bonds. The first-order valence-electron chi connectivity index (χ1n) is 10.6. The third-order valence-electron chi connectivity index (χ3n) is 5.59. The van der Waals surface area contributed by atoms with Crippen molar-refractivity contribution in [2.75, 3.05) is 6.61 Å². The highest BCUT2D eigenvalue weighted by atomic mass is 19.1. The normalized spacial score (nSPS) is 11.1. The molecule has 33 heavy (non-hydrogen) atoms. The summed E-state index contributed by atoms with van der Waals surface area (Å²) in [6.45, 7) is 0.383. The van der Waals surface area contributed by atoms with Crippen LogP contribution in [0.4, 0.5) is 4.39 Å². The minimum absolute atomic E-state index is 0.0102. The van der Waals surface area contributed by atoms with E-state index >= 15 is 0 Å². The molecule has 0 fully saturated rings. The van der Waals surface area contributed by atoms with Crippen LogP contribution in [0.25, 0.3) is 44.7 Å². The van der Waals surface area contributed by atoms with Gasteiger partial charge in [0.25, 0.3) is 0 Å². The van der Waals surface area contributed by atoms with Crippen molar-refractivity contribution in [2.45, 2.75) is 13.0 Å². The van der Waals surface area contributed by atoms with Crippen molar-refractivity contribution in [3.8, 4) is 39.7 Å². The number of hydrogen-bond donors (Lipinski definition) is 2. The predicted octanol–water partition coefficient (Wildman–Crippen LogP) is 5.15. The summed E-state index contributed by atoms with van der Waals surface area (Å²) in [5.41, 5.74) is 5.79. The van der Waals surface area contributed by atoms with E-state index in [0.29, 0.717) is 41.1 Å². The van der Waals surface area contributed by atoms with Crippen LogP contribution in [-0.2, 0) is 6.54 Å². The van der Waals surface area contributed by atoms with Gasteiger partial charge < -0.3 is 10.1 Å². The fraction of sp³-hybridized carbons (Fsp3) is 0.115. The van der Waals surface area contributed by atoms with Crippen molar-refractivity contribution >= 4 is 11.0 Å². The number of nitriles is 1. The van der Waals surface area contributed by atoms with Gasteiger partial charge in [-0.05, 0) is 41.8 Å². The number of aryl methyl sites for hydroxylation is 1. The Labute approximate surface area is 189 Å². The van der Waals surface area contributed by atoms with E-state index in [1.807, 2.05) is 42.5 Å². The van der Waals surface area contributed by atoms with E-state index in [1.165, 1.54) is 12.1 Å². The molecular formula is C26H20FN5O. The molecule has 2 N–H and O–H groups in total. The fourth-order valence-electron chi connectivity index (χ4n) is 4.04. The molecule has 0 aliphatic rings. The second-order valence-electron chi connectivity index (χ2n) is 7.66. The predicted molar refractivity (Wildman–Crippen MR) is 125 cm³/mol. The highest BCUT2D eigenvalue weighted by molar-refractivity contribution is 5.99. The molecule has 0 bridgehead atoms. The van der Waals surface area contributed by atoms with Crippen LogP contribution in [0.15, 0.2) is 72.9 Å². The molecule has 0 radical (unpaired) electrons. The van der Waals surface area contributed by atoms with Gasteiger partial charge in [-0.15, -0.1) is 0 Å². The van der Waals surface area contributed by atoms with Crippen molar-refractivity contribution in [1.29, 1.82) is 5.26 Å². The van der Waals surface area contributed by atoms with Gasteiger partial charge >= 0.3 is 0 Å². The number of H-pyrrole nitrogens is 1. The van der Waals surface area contributed by atoms with E-state index in [0.717, 1.165) is 22.2 Å². The van der Waals surface area contributed by atoms with E-state index in [4.69, 9.17) is 5.10 Å². The molecule has 2 aromatic carbocycles. The van der Waals surface area contributed by atoms with Crippen LogP contribution < -0.4 is 0 Å². The molecule has 0 unspecified atom stereocenters. The maximum absolute atomic E-state index is 13.6. The molecule has 7 heteroatoms. The number of rotatable bonds is 6. The number of aliphatic hydroxyl groups excluding tert-OH is 1. The van der Waals surface area contributed by atoms with Crippen LogP contribution in [0.2, 0.25) is 0 Å². The fourth-order valence-corrected chi connectivity index (χ4v) is 4.04. The monoisotopic (exact) mass is 437 g/mol. The Hall–Kier alpha value is -4.28. The van der Waals surface area contributed by atoms with E-state index < -0.39 is 0 Å². The topological polar surface area (TPSA) is 90.5 Å². The van der Waals surface area contributed by atoms with Crippen LogP contribution in [0, 0.1) is 17.1 Å². The summed E-state index contributed by atoms with van der Waals surface area (Å²) >= 11 is 0. The third kappa shape index (κ3) is 3.77. The van der Waals surface area contributed by atoms with Gasteiger partial charge in [-0.25, -0.2) is 9.37 Å². The summed E-state index contributed by atoms with van der Waals surface area (Å²) in [5, 5.41) is 24.9. The molecule has 6 nitrogen and oxygen atoms in total. The maximum atomic E-state index is 13.6. The second-order valence-corrected chi connectivity index (χ2v) is 7.66. The molecule has 5 rings (SSSR count). The average Bonchev–Trinajstić information content (AvgIpc) is 3.45. The minimum Gasteiger partial charge on any atom is -0.396 e. The summed E-state index contributed by atoms with van der Waals surface area (Å²) in [5.74, 6) is -0.351. The summed E-state index contributed by atoms with van der Waals surface area (Å²) in [7, 11) is 0. The van der Waals surface area contributed by atoms with E-state index in [2.05, 4.69) is 16.0 Å². The summed E-state index contributed by atoms with van der Waals surface area (Å²) in [6, 6.07) is 22.2.